The highest BCUT2D eigenvalue weighted by atomic mass is 32.1. The summed E-state index contributed by atoms with van der Waals surface area (Å²) in [5.74, 6) is 0.605. The zero-order valence-electron chi connectivity index (χ0n) is 7.79. The Balaban J connectivity index is 2.53. The minimum Gasteiger partial charge on any atom is -0.323 e. The number of hydrogen-bond donors (Lipinski definition) is 1. The molecule has 1 nitrogen and oxygen atoms in total. The van der Waals surface area contributed by atoms with Crippen LogP contribution in [-0.2, 0) is 0 Å². The molecule has 1 rings (SSSR count). The minimum atomic E-state index is 0.241. The van der Waals surface area contributed by atoms with E-state index in [4.69, 9.17) is 5.73 Å². The van der Waals surface area contributed by atoms with E-state index in [0.29, 0.717) is 5.92 Å². The molecule has 1 heterocycles. The predicted octanol–water partition coefficient (Wildman–Crippen LogP) is 3.18. The van der Waals surface area contributed by atoms with Crippen molar-refractivity contribution >= 4 is 11.3 Å². The Hall–Kier alpha value is -0.340. The lowest BCUT2D eigenvalue weighted by atomic mass is 9.97. The first kappa shape index (κ1) is 9.75. The van der Waals surface area contributed by atoms with Crippen molar-refractivity contribution in [1.29, 1.82) is 0 Å². The Labute approximate surface area is 78.6 Å². The maximum atomic E-state index is 6.08. The Morgan fingerprint density at radius 1 is 1.58 bits per heavy atom. The van der Waals surface area contributed by atoms with Gasteiger partial charge in [-0.1, -0.05) is 26.3 Å². The van der Waals surface area contributed by atoms with Crippen LogP contribution in [0, 0.1) is 5.92 Å². The lowest BCUT2D eigenvalue weighted by molar-refractivity contribution is 0.438. The molecule has 2 N–H and O–H groups in total. The minimum absolute atomic E-state index is 0.241. The quantitative estimate of drug-likeness (QED) is 0.762. The summed E-state index contributed by atoms with van der Waals surface area (Å²) >= 11 is 1.76. The lowest BCUT2D eigenvalue weighted by Gasteiger charge is -2.17. The van der Waals surface area contributed by atoms with Crippen molar-refractivity contribution in [1.82, 2.24) is 0 Å². The van der Waals surface area contributed by atoms with Gasteiger partial charge in [0.2, 0.25) is 0 Å². The van der Waals surface area contributed by atoms with Gasteiger partial charge in [-0.25, -0.2) is 0 Å². The third-order valence-electron chi connectivity index (χ3n) is 2.23. The van der Waals surface area contributed by atoms with Gasteiger partial charge in [-0.3, -0.25) is 0 Å². The largest absolute Gasteiger partial charge is 0.323 e. The Kier molecular flexibility index (Phi) is 3.76. The van der Waals surface area contributed by atoms with Crippen LogP contribution >= 0.6 is 11.3 Å². The first-order chi connectivity index (χ1) is 5.75. The third-order valence-corrected chi connectivity index (χ3v) is 3.20. The van der Waals surface area contributed by atoms with Crippen LogP contribution in [0.3, 0.4) is 0 Å². The summed E-state index contributed by atoms with van der Waals surface area (Å²) in [5.41, 5.74) is 6.08. The molecule has 0 aliphatic heterocycles. The third kappa shape index (κ3) is 2.32. The average molecular weight is 183 g/mol. The highest BCUT2D eigenvalue weighted by Gasteiger charge is 2.14. The molecule has 68 valence electrons. The molecule has 12 heavy (non-hydrogen) atoms. The molecule has 0 aromatic carbocycles. The van der Waals surface area contributed by atoms with Crippen LogP contribution in [0.15, 0.2) is 17.5 Å². The Bertz CT molecular complexity index is 206. The van der Waals surface area contributed by atoms with E-state index in [9.17, 15) is 0 Å². The van der Waals surface area contributed by atoms with Gasteiger partial charge in [-0.2, -0.15) is 0 Å². The van der Waals surface area contributed by atoms with E-state index in [-0.39, 0.29) is 6.04 Å². The Morgan fingerprint density at radius 2 is 2.33 bits per heavy atom. The molecule has 0 aliphatic rings. The molecular formula is C10H17NS. The van der Waals surface area contributed by atoms with Gasteiger partial charge in [0.25, 0.3) is 0 Å². The molecule has 0 spiro atoms. The van der Waals surface area contributed by atoms with Crippen molar-refractivity contribution < 1.29 is 0 Å². The molecule has 0 aliphatic carbocycles. The van der Waals surface area contributed by atoms with Crippen molar-refractivity contribution in [2.75, 3.05) is 0 Å². The summed E-state index contributed by atoms with van der Waals surface area (Å²) in [7, 11) is 0. The standard InChI is InChI=1S/C10H17NS/c1-3-5-8(2)10(11)9-6-4-7-12-9/h4,6-8,10H,3,5,11H2,1-2H3. The molecule has 0 fully saturated rings. The normalized spacial score (nSPS) is 15.9. The molecule has 0 bridgehead atoms. The van der Waals surface area contributed by atoms with Gasteiger partial charge in [-0.15, -0.1) is 11.3 Å². The smallest absolute Gasteiger partial charge is 0.0415 e. The van der Waals surface area contributed by atoms with Crippen molar-refractivity contribution in [3.05, 3.63) is 22.4 Å². The molecule has 0 amide bonds. The second-order valence-corrected chi connectivity index (χ2v) is 4.29. The zero-order chi connectivity index (χ0) is 8.97. The number of thiophene rings is 1. The van der Waals surface area contributed by atoms with Crippen molar-refractivity contribution in [2.45, 2.75) is 32.7 Å². The maximum Gasteiger partial charge on any atom is 0.0415 e. The van der Waals surface area contributed by atoms with Crippen molar-refractivity contribution in [3.8, 4) is 0 Å². The number of nitrogens with two attached hydrogens (primary N) is 1. The van der Waals surface area contributed by atoms with Crippen LogP contribution in [-0.4, -0.2) is 0 Å². The fourth-order valence-electron chi connectivity index (χ4n) is 1.40. The highest BCUT2D eigenvalue weighted by molar-refractivity contribution is 7.10. The molecule has 2 unspecified atom stereocenters. The molecule has 2 heteroatoms. The van der Waals surface area contributed by atoms with Crippen LogP contribution in [0.25, 0.3) is 0 Å². The van der Waals surface area contributed by atoms with E-state index in [1.807, 2.05) is 0 Å². The molecule has 0 saturated heterocycles. The number of rotatable bonds is 4. The zero-order valence-corrected chi connectivity index (χ0v) is 8.60. The first-order valence-electron chi connectivity index (χ1n) is 4.54. The Morgan fingerprint density at radius 3 is 2.83 bits per heavy atom. The van der Waals surface area contributed by atoms with E-state index >= 15 is 0 Å². The van der Waals surface area contributed by atoms with E-state index in [1.54, 1.807) is 11.3 Å². The maximum absolute atomic E-state index is 6.08. The van der Waals surface area contributed by atoms with Crippen molar-refractivity contribution in [3.63, 3.8) is 0 Å². The molecule has 0 saturated carbocycles. The van der Waals surface area contributed by atoms with Crippen LogP contribution < -0.4 is 5.73 Å². The molecule has 1 aromatic rings. The van der Waals surface area contributed by atoms with Gasteiger partial charge in [-0.05, 0) is 23.8 Å². The fraction of sp³-hybridized carbons (Fsp3) is 0.600. The van der Waals surface area contributed by atoms with E-state index in [1.165, 1.54) is 17.7 Å². The van der Waals surface area contributed by atoms with Crippen LogP contribution in [0.4, 0.5) is 0 Å². The number of hydrogen-bond acceptors (Lipinski definition) is 2. The van der Waals surface area contributed by atoms with E-state index in [2.05, 4.69) is 31.4 Å². The second kappa shape index (κ2) is 4.63. The van der Waals surface area contributed by atoms with Crippen LogP contribution in [0.2, 0.25) is 0 Å². The summed E-state index contributed by atoms with van der Waals surface area (Å²) < 4.78 is 0. The highest BCUT2D eigenvalue weighted by Crippen LogP contribution is 2.26. The predicted molar refractivity (Wildman–Crippen MR) is 55.3 cm³/mol. The average Bonchev–Trinajstić information content (AvgIpc) is 2.55. The summed E-state index contributed by atoms with van der Waals surface area (Å²) in [6, 6.07) is 4.44. The van der Waals surface area contributed by atoms with E-state index < -0.39 is 0 Å². The van der Waals surface area contributed by atoms with Gasteiger partial charge >= 0.3 is 0 Å². The van der Waals surface area contributed by atoms with Gasteiger partial charge in [0, 0.05) is 10.9 Å². The summed E-state index contributed by atoms with van der Waals surface area (Å²) in [5, 5.41) is 2.09. The van der Waals surface area contributed by atoms with Gasteiger partial charge in [0.1, 0.15) is 0 Å². The van der Waals surface area contributed by atoms with Gasteiger partial charge < -0.3 is 5.73 Å². The van der Waals surface area contributed by atoms with Crippen LogP contribution in [0.1, 0.15) is 37.6 Å². The summed E-state index contributed by atoms with van der Waals surface area (Å²) in [6.45, 7) is 4.44. The topological polar surface area (TPSA) is 26.0 Å². The second-order valence-electron chi connectivity index (χ2n) is 3.31. The fourth-order valence-corrected chi connectivity index (χ4v) is 2.26. The summed E-state index contributed by atoms with van der Waals surface area (Å²) in [4.78, 5) is 1.32. The van der Waals surface area contributed by atoms with Gasteiger partial charge in [0.05, 0.1) is 0 Å². The molecule has 0 radical (unpaired) electrons. The SMILES string of the molecule is CCCC(C)C(N)c1cccs1. The summed E-state index contributed by atoms with van der Waals surface area (Å²) in [6.07, 6.45) is 2.44. The van der Waals surface area contributed by atoms with E-state index in [0.717, 1.165) is 0 Å². The molecule has 2 atom stereocenters. The lowest BCUT2D eigenvalue weighted by Crippen LogP contribution is -2.17. The van der Waals surface area contributed by atoms with Gasteiger partial charge in [0.15, 0.2) is 0 Å². The monoisotopic (exact) mass is 183 g/mol. The van der Waals surface area contributed by atoms with Crippen LogP contribution in [0.5, 0.6) is 0 Å². The molecular weight excluding hydrogens is 166 g/mol. The molecule has 1 aromatic heterocycles. The van der Waals surface area contributed by atoms with Crippen molar-refractivity contribution in [2.24, 2.45) is 11.7 Å². The first-order valence-corrected chi connectivity index (χ1v) is 5.42.